The van der Waals surface area contributed by atoms with Gasteiger partial charge in [-0.05, 0) is 5.56 Å². The zero-order valence-electron chi connectivity index (χ0n) is 9.27. The highest BCUT2D eigenvalue weighted by atomic mass is 16.6. The molecule has 0 bridgehead atoms. The van der Waals surface area contributed by atoms with Crippen LogP contribution in [-0.2, 0) is 16.1 Å². The molecule has 1 saturated heterocycles. The third kappa shape index (κ3) is 3.02. The second-order valence-electron chi connectivity index (χ2n) is 4.04. The summed E-state index contributed by atoms with van der Waals surface area (Å²) < 4.78 is 10.3. The maximum Gasteiger partial charge on any atom is 0.183 e. The van der Waals surface area contributed by atoms with E-state index in [4.69, 9.17) is 14.6 Å². The molecule has 3 N–H and O–H groups in total. The molecule has 0 unspecified atom stereocenters. The van der Waals surface area contributed by atoms with Gasteiger partial charge >= 0.3 is 0 Å². The van der Waals surface area contributed by atoms with Crippen molar-refractivity contribution in [3.8, 4) is 0 Å². The maximum absolute atomic E-state index is 9.67. The van der Waals surface area contributed by atoms with E-state index < -0.39 is 24.6 Å². The summed E-state index contributed by atoms with van der Waals surface area (Å²) in [4.78, 5) is 0. The standard InChI is InChI=1S/C12H16O5/c13-10-9(7-17-12(15)11(10)14)16-6-8-4-2-1-3-5-8/h1-5,9-15H,6-7H2/t9-,10+,11-,12+/m1/s1. The summed E-state index contributed by atoms with van der Waals surface area (Å²) >= 11 is 0. The fourth-order valence-electron chi connectivity index (χ4n) is 1.70. The van der Waals surface area contributed by atoms with Crippen LogP contribution in [0.4, 0.5) is 0 Å². The third-order valence-corrected chi connectivity index (χ3v) is 2.76. The highest BCUT2D eigenvalue weighted by Gasteiger charge is 2.38. The average Bonchev–Trinajstić information content (AvgIpc) is 2.36. The van der Waals surface area contributed by atoms with E-state index >= 15 is 0 Å². The van der Waals surface area contributed by atoms with Crippen LogP contribution in [0.5, 0.6) is 0 Å². The molecule has 2 rings (SSSR count). The van der Waals surface area contributed by atoms with Gasteiger partial charge in [-0.2, -0.15) is 0 Å². The van der Waals surface area contributed by atoms with E-state index in [9.17, 15) is 10.2 Å². The fraction of sp³-hybridized carbons (Fsp3) is 0.500. The predicted molar refractivity (Wildman–Crippen MR) is 59.0 cm³/mol. The average molecular weight is 240 g/mol. The number of rotatable bonds is 3. The summed E-state index contributed by atoms with van der Waals surface area (Å²) in [7, 11) is 0. The van der Waals surface area contributed by atoms with Crippen molar-refractivity contribution >= 4 is 0 Å². The molecule has 5 nitrogen and oxygen atoms in total. The molecule has 1 heterocycles. The monoisotopic (exact) mass is 240 g/mol. The van der Waals surface area contributed by atoms with E-state index in [0.717, 1.165) is 5.56 Å². The molecule has 5 heteroatoms. The number of aliphatic hydroxyl groups excluding tert-OH is 3. The molecular weight excluding hydrogens is 224 g/mol. The summed E-state index contributed by atoms with van der Waals surface area (Å²) in [5.74, 6) is 0. The Kier molecular flexibility index (Phi) is 4.09. The van der Waals surface area contributed by atoms with Gasteiger partial charge in [-0.15, -0.1) is 0 Å². The van der Waals surface area contributed by atoms with Crippen molar-refractivity contribution in [1.29, 1.82) is 0 Å². The molecule has 1 fully saturated rings. The van der Waals surface area contributed by atoms with Gasteiger partial charge in [0, 0.05) is 0 Å². The minimum Gasteiger partial charge on any atom is -0.387 e. The molecule has 94 valence electrons. The zero-order chi connectivity index (χ0) is 12.3. The van der Waals surface area contributed by atoms with Crippen LogP contribution in [0.25, 0.3) is 0 Å². The second kappa shape index (κ2) is 5.57. The van der Waals surface area contributed by atoms with Crippen LogP contribution in [0.1, 0.15) is 5.56 Å². The normalized spacial score (nSPS) is 33.6. The SMILES string of the molecule is O[C@@H]1[C@@H](O)[C@H](OCc2ccccc2)CO[C@@H]1O. The van der Waals surface area contributed by atoms with Gasteiger partial charge in [-0.3, -0.25) is 0 Å². The summed E-state index contributed by atoms with van der Waals surface area (Å²) in [5.41, 5.74) is 0.973. The van der Waals surface area contributed by atoms with Gasteiger partial charge in [0.05, 0.1) is 13.2 Å². The van der Waals surface area contributed by atoms with Gasteiger partial charge < -0.3 is 24.8 Å². The summed E-state index contributed by atoms with van der Waals surface area (Å²) in [5, 5.41) is 28.2. The Bertz CT molecular complexity index is 342. The zero-order valence-corrected chi connectivity index (χ0v) is 9.27. The Balaban J connectivity index is 1.87. The van der Waals surface area contributed by atoms with Crippen LogP contribution in [0.15, 0.2) is 30.3 Å². The van der Waals surface area contributed by atoms with Crippen LogP contribution in [0, 0.1) is 0 Å². The molecule has 0 radical (unpaired) electrons. The van der Waals surface area contributed by atoms with Gasteiger partial charge in [0.25, 0.3) is 0 Å². The molecule has 1 aromatic rings. The molecule has 0 spiro atoms. The van der Waals surface area contributed by atoms with Gasteiger partial charge in [0.2, 0.25) is 0 Å². The first-order valence-corrected chi connectivity index (χ1v) is 5.50. The molecule has 0 aliphatic carbocycles. The van der Waals surface area contributed by atoms with E-state index in [-0.39, 0.29) is 6.61 Å². The van der Waals surface area contributed by atoms with E-state index in [1.54, 1.807) is 0 Å². The highest BCUT2D eigenvalue weighted by Crippen LogP contribution is 2.17. The summed E-state index contributed by atoms with van der Waals surface area (Å²) in [6.45, 7) is 0.390. The first kappa shape index (κ1) is 12.5. The fourth-order valence-corrected chi connectivity index (χ4v) is 1.70. The topological polar surface area (TPSA) is 79.2 Å². The molecule has 17 heavy (non-hydrogen) atoms. The summed E-state index contributed by atoms with van der Waals surface area (Å²) in [6, 6.07) is 9.50. The van der Waals surface area contributed by atoms with E-state index in [2.05, 4.69) is 0 Å². The predicted octanol–water partition coefficient (Wildman–Crippen LogP) is -0.358. The van der Waals surface area contributed by atoms with E-state index in [1.807, 2.05) is 30.3 Å². The third-order valence-electron chi connectivity index (χ3n) is 2.76. The molecular formula is C12H16O5. The van der Waals surface area contributed by atoms with Crippen LogP contribution in [0.2, 0.25) is 0 Å². The Morgan fingerprint density at radius 1 is 1.12 bits per heavy atom. The number of benzene rings is 1. The highest BCUT2D eigenvalue weighted by molar-refractivity contribution is 5.13. The minimum atomic E-state index is -1.35. The Morgan fingerprint density at radius 3 is 2.53 bits per heavy atom. The minimum absolute atomic E-state index is 0.0617. The second-order valence-corrected chi connectivity index (χ2v) is 4.04. The van der Waals surface area contributed by atoms with Gasteiger partial charge in [-0.1, -0.05) is 30.3 Å². The first-order chi connectivity index (χ1) is 8.18. The number of hydrogen-bond donors (Lipinski definition) is 3. The van der Waals surface area contributed by atoms with Crippen molar-refractivity contribution in [2.75, 3.05) is 6.61 Å². The quantitative estimate of drug-likeness (QED) is 0.672. The lowest BCUT2D eigenvalue weighted by Crippen LogP contribution is -2.53. The maximum atomic E-state index is 9.67. The lowest BCUT2D eigenvalue weighted by molar-refractivity contribution is -0.261. The number of hydrogen-bond acceptors (Lipinski definition) is 5. The van der Waals surface area contributed by atoms with E-state index in [0.29, 0.717) is 6.61 Å². The molecule has 1 aliphatic heterocycles. The van der Waals surface area contributed by atoms with Crippen molar-refractivity contribution in [1.82, 2.24) is 0 Å². The number of ether oxygens (including phenoxy) is 2. The van der Waals surface area contributed by atoms with Crippen molar-refractivity contribution in [3.05, 3.63) is 35.9 Å². The Hall–Kier alpha value is -0.980. The van der Waals surface area contributed by atoms with Crippen LogP contribution < -0.4 is 0 Å². The lowest BCUT2D eigenvalue weighted by atomic mass is 10.1. The smallest absolute Gasteiger partial charge is 0.183 e. The van der Waals surface area contributed by atoms with Crippen molar-refractivity contribution in [2.45, 2.75) is 31.2 Å². The Labute approximate surface area is 99.2 Å². The van der Waals surface area contributed by atoms with Gasteiger partial charge in [0.1, 0.15) is 18.3 Å². The molecule has 1 aliphatic rings. The lowest BCUT2D eigenvalue weighted by Gasteiger charge is -2.34. The van der Waals surface area contributed by atoms with Gasteiger partial charge in [0.15, 0.2) is 6.29 Å². The molecule has 0 amide bonds. The molecule has 4 atom stereocenters. The molecule has 0 saturated carbocycles. The Morgan fingerprint density at radius 2 is 1.82 bits per heavy atom. The van der Waals surface area contributed by atoms with Crippen molar-refractivity contribution < 1.29 is 24.8 Å². The van der Waals surface area contributed by atoms with Crippen LogP contribution in [0.3, 0.4) is 0 Å². The number of aliphatic hydroxyl groups is 3. The van der Waals surface area contributed by atoms with Crippen molar-refractivity contribution in [2.24, 2.45) is 0 Å². The molecule has 1 aromatic carbocycles. The van der Waals surface area contributed by atoms with Crippen molar-refractivity contribution in [3.63, 3.8) is 0 Å². The summed E-state index contributed by atoms with van der Waals surface area (Å²) in [6.07, 6.45) is -4.44. The van der Waals surface area contributed by atoms with Gasteiger partial charge in [-0.25, -0.2) is 0 Å². The first-order valence-electron chi connectivity index (χ1n) is 5.50. The van der Waals surface area contributed by atoms with Crippen LogP contribution >= 0.6 is 0 Å². The van der Waals surface area contributed by atoms with E-state index in [1.165, 1.54) is 0 Å². The molecule has 0 aromatic heterocycles. The largest absolute Gasteiger partial charge is 0.387 e. The van der Waals surface area contributed by atoms with Crippen LogP contribution in [-0.4, -0.2) is 46.5 Å².